The van der Waals surface area contributed by atoms with Crippen molar-refractivity contribution in [2.45, 2.75) is 321 Å². The Morgan fingerprint density at radius 1 is 0.412 bits per heavy atom. The Morgan fingerprint density at radius 3 is 1.16 bits per heavy atom. The molecule has 0 aliphatic rings. The Hall–Kier alpha value is -2.18. The molecule has 0 fully saturated rings. The summed E-state index contributed by atoms with van der Waals surface area (Å²) < 4.78 is 5.48. The lowest BCUT2D eigenvalue weighted by molar-refractivity contribution is -0.143. The molecule has 0 bridgehead atoms. The van der Waals surface area contributed by atoms with Crippen LogP contribution in [0.4, 0.5) is 0 Å². The van der Waals surface area contributed by atoms with Gasteiger partial charge in [-0.3, -0.25) is 9.59 Å². The summed E-state index contributed by atoms with van der Waals surface area (Å²) in [6, 6.07) is -0.636. The summed E-state index contributed by atoms with van der Waals surface area (Å²) in [5.41, 5.74) is 0. The van der Waals surface area contributed by atoms with Crippen molar-refractivity contribution in [3.05, 3.63) is 48.6 Å². The number of carbonyl (C=O) groups excluding carboxylic acids is 2. The van der Waals surface area contributed by atoms with E-state index in [1.165, 1.54) is 218 Å². The lowest BCUT2D eigenvalue weighted by Crippen LogP contribution is -2.45. The summed E-state index contributed by atoms with van der Waals surface area (Å²) in [6.45, 7) is 4.87. The van der Waals surface area contributed by atoms with E-state index in [1.54, 1.807) is 6.08 Å². The summed E-state index contributed by atoms with van der Waals surface area (Å²) in [5, 5.41) is 23.1. The minimum Gasteiger partial charge on any atom is -0.466 e. The second kappa shape index (κ2) is 57.4. The molecular formula is C62H115NO5. The van der Waals surface area contributed by atoms with Gasteiger partial charge in [-0.15, -0.1) is 0 Å². The molecule has 68 heavy (non-hydrogen) atoms. The summed E-state index contributed by atoms with van der Waals surface area (Å²) >= 11 is 0. The fourth-order valence-electron chi connectivity index (χ4n) is 8.95. The maximum Gasteiger partial charge on any atom is 0.305 e. The van der Waals surface area contributed by atoms with Crippen LogP contribution in [0.3, 0.4) is 0 Å². The molecule has 2 unspecified atom stereocenters. The highest BCUT2D eigenvalue weighted by Crippen LogP contribution is 2.16. The molecule has 0 aromatic carbocycles. The van der Waals surface area contributed by atoms with E-state index < -0.39 is 12.1 Å². The van der Waals surface area contributed by atoms with Gasteiger partial charge in [0.2, 0.25) is 5.91 Å². The fourth-order valence-corrected chi connectivity index (χ4v) is 8.95. The van der Waals surface area contributed by atoms with Gasteiger partial charge in [-0.05, 0) is 89.9 Å². The molecule has 2 atom stereocenters. The molecule has 1 amide bonds. The minimum absolute atomic E-state index is 0.00496. The van der Waals surface area contributed by atoms with Gasteiger partial charge in [0.15, 0.2) is 0 Å². The predicted octanol–water partition coefficient (Wildman–Crippen LogP) is 18.6. The van der Waals surface area contributed by atoms with Crippen LogP contribution in [0.15, 0.2) is 48.6 Å². The van der Waals surface area contributed by atoms with Crippen LogP contribution in [0, 0.1) is 0 Å². The number of rotatable bonds is 55. The first-order valence-corrected chi connectivity index (χ1v) is 29.9. The molecule has 0 aliphatic heterocycles. The Kier molecular flexibility index (Phi) is 55.6. The lowest BCUT2D eigenvalue weighted by Gasteiger charge is -2.20. The zero-order valence-electron chi connectivity index (χ0n) is 45.3. The lowest BCUT2D eigenvalue weighted by atomic mass is 10.0. The molecule has 0 rings (SSSR count). The largest absolute Gasteiger partial charge is 0.466 e. The maximum atomic E-state index is 12.5. The van der Waals surface area contributed by atoms with Crippen LogP contribution in [-0.2, 0) is 14.3 Å². The van der Waals surface area contributed by atoms with Crippen molar-refractivity contribution in [3.63, 3.8) is 0 Å². The van der Waals surface area contributed by atoms with Crippen molar-refractivity contribution < 1.29 is 24.5 Å². The van der Waals surface area contributed by atoms with Crippen LogP contribution in [-0.4, -0.2) is 47.4 Å². The van der Waals surface area contributed by atoms with E-state index in [-0.39, 0.29) is 18.5 Å². The zero-order chi connectivity index (χ0) is 49.3. The number of aliphatic hydroxyl groups excluding tert-OH is 2. The average Bonchev–Trinajstić information content (AvgIpc) is 3.34. The molecule has 398 valence electrons. The molecule has 0 aliphatic carbocycles. The number of esters is 1. The SMILES string of the molecule is CCCCC/C=C\C/C=C\CCCCCCCCCC(=O)OCCCCCCCCCC/C=C\CCCCCCCCCC(=O)NC(CO)C(O)/C=C/CCCCCCCCCCCCCCC. The molecule has 0 aromatic rings. The Bertz CT molecular complexity index is 1150. The smallest absolute Gasteiger partial charge is 0.305 e. The molecule has 0 saturated carbocycles. The van der Waals surface area contributed by atoms with E-state index in [9.17, 15) is 19.8 Å². The number of carbonyl (C=O) groups is 2. The van der Waals surface area contributed by atoms with Gasteiger partial charge in [-0.2, -0.15) is 0 Å². The van der Waals surface area contributed by atoms with Gasteiger partial charge in [0.05, 0.1) is 25.4 Å². The van der Waals surface area contributed by atoms with E-state index in [0.29, 0.717) is 19.4 Å². The second-order valence-corrected chi connectivity index (χ2v) is 20.3. The predicted molar refractivity (Wildman–Crippen MR) is 296 cm³/mol. The van der Waals surface area contributed by atoms with Crippen LogP contribution in [0.2, 0.25) is 0 Å². The molecule has 0 spiro atoms. The van der Waals surface area contributed by atoms with Gasteiger partial charge in [-0.1, -0.05) is 255 Å². The highest BCUT2D eigenvalue weighted by Gasteiger charge is 2.18. The third-order valence-electron chi connectivity index (χ3n) is 13.6. The van der Waals surface area contributed by atoms with Gasteiger partial charge in [0, 0.05) is 12.8 Å². The topological polar surface area (TPSA) is 95.9 Å². The average molecular weight is 955 g/mol. The van der Waals surface area contributed by atoms with Gasteiger partial charge in [0.1, 0.15) is 0 Å². The molecule has 6 nitrogen and oxygen atoms in total. The first kappa shape index (κ1) is 65.8. The van der Waals surface area contributed by atoms with Crippen molar-refractivity contribution in [2.75, 3.05) is 13.2 Å². The Morgan fingerprint density at radius 2 is 0.735 bits per heavy atom. The first-order valence-electron chi connectivity index (χ1n) is 29.9. The number of amides is 1. The van der Waals surface area contributed by atoms with Crippen molar-refractivity contribution in [2.24, 2.45) is 0 Å². The number of hydrogen-bond acceptors (Lipinski definition) is 5. The van der Waals surface area contributed by atoms with E-state index in [1.807, 2.05) is 6.08 Å². The van der Waals surface area contributed by atoms with Crippen LogP contribution in [0.1, 0.15) is 309 Å². The molecule has 3 N–H and O–H groups in total. The fraction of sp³-hybridized carbons (Fsp3) is 0.839. The molecule has 0 radical (unpaired) electrons. The highest BCUT2D eigenvalue weighted by molar-refractivity contribution is 5.76. The molecule has 0 heterocycles. The van der Waals surface area contributed by atoms with Crippen molar-refractivity contribution in [1.29, 1.82) is 0 Å². The van der Waals surface area contributed by atoms with Gasteiger partial charge < -0.3 is 20.3 Å². The summed E-state index contributed by atoms with van der Waals surface area (Å²) in [6.07, 6.45) is 72.7. The standard InChI is InChI=1S/C62H115NO5/c1-3-5-7-9-11-13-15-17-19-23-28-32-36-40-44-48-52-56-62(67)68-57-53-49-45-41-37-33-29-25-22-20-21-24-27-31-35-39-43-47-51-55-61(66)63-59(58-64)60(65)54-50-46-42-38-34-30-26-18-16-14-12-10-8-6-4-2/h11,13,17,19-21,50,54,59-60,64-65H,3-10,12,14-16,18,22-49,51-53,55-58H2,1-2H3,(H,63,66)/b13-11-,19-17-,21-20-,54-50+. The summed E-state index contributed by atoms with van der Waals surface area (Å²) in [5.74, 6) is -0.0826. The highest BCUT2D eigenvalue weighted by atomic mass is 16.5. The number of aliphatic hydroxyl groups is 2. The first-order chi connectivity index (χ1) is 33.5. The number of hydrogen-bond donors (Lipinski definition) is 3. The Balaban J connectivity index is 3.47. The third kappa shape index (κ3) is 53.2. The summed E-state index contributed by atoms with van der Waals surface area (Å²) in [4.78, 5) is 24.5. The number of ether oxygens (including phenoxy) is 1. The number of allylic oxidation sites excluding steroid dienone is 7. The molecule has 0 saturated heterocycles. The van der Waals surface area contributed by atoms with E-state index in [2.05, 4.69) is 55.6 Å². The van der Waals surface area contributed by atoms with Crippen molar-refractivity contribution in [1.82, 2.24) is 5.32 Å². The normalized spacial score (nSPS) is 12.9. The maximum absolute atomic E-state index is 12.5. The quantitative estimate of drug-likeness (QED) is 0.0321. The van der Waals surface area contributed by atoms with Crippen molar-refractivity contribution in [3.8, 4) is 0 Å². The van der Waals surface area contributed by atoms with Gasteiger partial charge in [0.25, 0.3) is 0 Å². The van der Waals surface area contributed by atoms with Crippen LogP contribution in [0.5, 0.6) is 0 Å². The van der Waals surface area contributed by atoms with Crippen LogP contribution < -0.4 is 5.32 Å². The molecular weight excluding hydrogens is 839 g/mol. The van der Waals surface area contributed by atoms with E-state index >= 15 is 0 Å². The second-order valence-electron chi connectivity index (χ2n) is 20.3. The Labute approximate surface area is 423 Å². The molecule has 6 heteroatoms. The number of unbranched alkanes of at least 4 members (excludes halogenated alkanes) is 38. The number of nitrogens with one attached hydrogen (secondary N) is 1. The van der Waals surface area contributed by atoms with E-state index in [0.717, 1.165) is 64.2 Å². The van der Waals surface area contributed by atoms with Crippen LogP contribution in [0.25, 0.3) is 0 Å². The molecule has 0 aromatic heterocycles. The third-order valence-corrected chi connectivity index (χ3v) is 13.6. The van der Waals surface area contributed by atoms with E-state index in [4.69, 9.17) is 4.74 Å². The summed E-state index contributed by atoms with van der Waals surface area (Å²) in [7, 11) is 0. The van der Waals surface area contributed by atoms with Crippen LogP contribution >= 0.6 is 0 Å². The zero-order valence-corrected chi connectivity index (χ0v) is 45.3. The van der Waals surface area contributed by atoms with Gasteiger partial charge >= 0.3 is 5.97 Å². The van der Waals surface area contributed by atoms with Crippen molar-refractivity contribution >= 4 is 11.9 Å². The van der Waals surface area contributed by atoms with Gasteiger partial charge in [-0.25, -0.2) is 0 Å². The monoisotopic (exact) mass is 954 g/mol. The minimum atomic E-state index is -0.851.